The topological polar surface area (TPSA) is 87.2 Å². The number of aryl methyl sites for hydroxylation is 1. The summed E-state index contributed by atoms with van der Waals surface area (Å²) in [6, 6.07) is 6.51. The number of hydrogen-bond donors (Lipinski definition) is 2. The van der Waals surface area contributed by atoms with Crippen LogP contribution in [0.2, 0.25) is 0 Å². The van der Waals surface area contributed by atoms with Gasteiger partial charge in [-0.05, 0) is 53.8 Å². The highest BCUT2D eigenvalue weighted by Gasteiger charge is 2.19. The number of pyridine rings is 1. The molecule has 7 nitrogen and oxygen atoms in total. The van der Waals surface area contributed by atoms with Crippen molar-refractivity contribution in [3.05, 3.63) is 28.0 Å². The van der Waals surface area contributed by atoms with Gasteiger partial charge in [-0.25, -0.2) is 9.97 Å². The van der Waals surface area contributed by atoms with E-state index in [0.29, 0.717) is 25.1 Å². The van der Waals surface area contributed by atoms with Crippen LogP contribution in [-0.4, -0.2) is 40.3 Å². The van der Waals surface area contributed by atoms with Crippen molar-refractivity contribution in [1.29, 1.82) is 0 Å². The first kappa shape index (κ1) is 20.5. The smallest absolute Gasteiger partial charge is 0.174 e. The number of fused-ring (bicyclic) bond motifs is 2. The molecule has 3 N–H and O–H groups in total. The van der Waals surface area contributed by atoms with E-state index in [1.807, 2.05) is 18.2 Å². The second kappa shape index (κ2) is 8.97. The molecule has 9 heteroatoms. The summed E-state index contributed by atoms with van der Waals surface area (Å²) < 4.78 is 14.8. The second-order valence-electron chi connectivity index (χ2n) is 7.10. The van der Waals surface area contributed by atoms with Crippen LogP contribution in [0.5, 0.6) is 11.5 Å². The first-order chi connectivity index (χ1) is 14.0. The summed E-state index contributed by atoms with van der Waals surface area (Å²) >= 11 is 3.95. The summed E-state index contributed by atoms with van der Waals surface area (Å²) in [5.74, 6) is 2.04. The summed E-state index contributed by atoms with van der Waals surface area (Å²) in [7, 11) is 0. The molecule has 29 heavy (non-hydrogen) atoms. The molecule has 1 aliphatic rings. The first-order valence-electron chi connectivity index (χ1n) is 9.64. The number of nitrogens with zero attached hydrogens (tertiary/aromatic N) is 3. The Morgan fingerprint density at radius 3 is 2.79 bits per heavy atom. The molecule has 0 fully saturated rings. The maximum atomic E-state index is 6.10. The van der Waals surface area contributed by atoms with Gasteiger partial charge in [-0.2, -0.15) is 0 Å². The van der Waals surface area contributed by atoms with E-state index in [1.54, 1.807) is 18.0 Å². The lowest BCUT2D eigenvalue weighted by Gasteiger charge is -2.19. The van der Waals surface area contributed by atoms with E-state index >= 15 is 0 Å². The largest absolute Gasteiger partial charge is 0.486 e. The van der Waals surface area contributed by atoms with Crippen molar-refractivity contribution in [2.45, 2.75) is 42.9 Å². The third-order valence-electron chi connectivity index (χ3n) is 4.57. The number of ether oxygens (including phenoxy) is 2. The number of anilines is 1. The van der Waals surface area contributed by atoms with Crippen LogP contribution < -0.4 is 20.5 Å². The Bertz CT molecular complexity index is 1020. The molecule has 0 bridgehead atoms. The number of aromatic nitrogens is 3. The summed E-state index contributed by atoms with van der Waals surface area (Å²) in [4.78, 5) is 10.1. The number of halogens is 1. The predicted molar refractivity (Wildman–Crippen MR) is 124 cm³/mol. The van der Waals surface area contributed by atoms with E-state index in [1.165, 1.54) is 0 Å². The molecule has 154 valence electrons. The van der Waals surface area contributed by atoms with Crippen molar-refractivity contribution < 1.29 is 9.47 Å². The van der Waals surface area contributed by atoms with Gasteiger partial charge in [0.05, 0.1) is 5.52 Å². The minimum Gasteiger partial charge on any atom is -0.486 e. The van der Waals surface area contributed by atoms with Gasteiger partial charge in [-0.15, -0.1) is 0 Å². The molecular formula is C20H24IN5O2S. The van der Waals surface area contributed by atoms with E-state index in [-0.39, 0.29) is 0 Å². The Labute approximate surface area is 187 Å². The zero-order valence-corrected chi connectivity index (χ0v) is 19.4. The zero-order chi connectivity index (χ0) is 20.4. The Hall–Kier alpha value is -1.72. The summed E-state index contributed by atoms with van der Waals surface area (Å²) in [5, 5.41) is 4.37. The van der Waals surface area contributed by atoms with Crippen molar-refractivity contribution in [1.82, 2.24) is 19.9 Å². The van der Waals surface area contributed by atoms with Crippen LogP contribution in [0, 0.1) is 3.57 Å². The van der Waals surface area contributed by atoms with Crippen LogP contribution in [0.25, 0.3) is 11.0 Å². The average Bonchev–Trinajstić information content (AvgIpc) is 3.04. The van der Waals surface area contributed by atoms with Gasteiger partial charge in [-0.1, -0.05) is 25.6 Å². The molecule has 2 aromatic heterocycles. The minimum absolute atomic E-state index is 0.459. The van der Waals surface area contributed by atoms with E-state index < -0.39 is 0 Å². The molecule has 1 aliphatic heterocycles. The predicted octanol–water partition coefficient (Wildman–Crippen LogP) is 3.93. The van der Waals surface area contributed by atoms with Crippen LogP contribution in [0.4, 0.5) is 5.82 Å². The Morgan fingerprint density at radius 2 is 2.03 bits per heavy atom. The van der Waals surface area contributed by atoms with E-state index in [2.05, 4.69) is 51.3 Å². The zero-order valence-electron chi connectivity index (χ0n) is 16.4. The molecule has 4 rings (SSSR count). The van der Waals surface area contributed by atoms with Crippen molar-refractivity contribution in [2.75, 3.05) is 25.5 Å². The molecule has 1 aromatic carbocycles. The highest BCUT2D eigenvalue weighted by molar-refractivity contribution is 14.1. The van der Waals surface area contributed by atoms with E-state index in [4.69, 9.17) is 20.2 Å². The number of nitrogen functional groups attached to an aromatic ring is 1. The summed E-state index contributed by atoms with van der Waals surface area (Å²) in [5.41, 5.74) is 7.86. The van der Waals surface area contributed by atoms with Crippen molar-refractivity contribution >= 4 is 51.2 Å². The van der Waals surface area contributed by atoms with Gasteiger partial charge >= 0.3 is 0 Å². The molecule has 0 unspecified atom stereocenters. The van der Waals surface area contributed by atoms with Crippen molar-refractivity contribution in [2.24, 2.45) is 0 Å². The molecule has 0 spiro atoms. The van der Waals surface area contributed by atoms with Crippen molar-refractivity contribution in [3.8, 4) is 11.5 Å². The van der Waals surface area contributed by atoms with Gasteiger partial charge in [0, 0.05) is 27.2 Å². The summed E-state index contributed by atoms with van der Waals surface area (Å²) in [6.07, 6.45) is 2.74. The molecule has 3 heterocycles. The maximum absolute atomic E-state index is 6.10. The number of imidazole rings is 1. The fourth-order valence-corrected chi connectivity index (χ4v) is 4.92. The third kappa shape index (κ3) is 4.56. The number of benzene rings is 1. The SMILES string of the molecule is CC(C)NCCCn1c(Sc2cc3c(cc2[124I])OCCO3)nc2c(N)nccc21. The van der Waals surface area contributed by atoms with Crippen LogP contribution in [-0.2, 0) is 6.54 Å². The van der Waals surface area contributed by atoms with Gasteiger partial charge in [0.15, 0.2) is 22.5 Å². The normalized spacial score (nSPS) is 13.4. The Kier molecular flexibility index (Phi) is 6.35. The van der Waals surface area contributed by atoms with Gasteiger partial charge in [0.25, 0.3) is 0 Å². The van der Waals surface area contributed by atoms with Gasteiger partial charge < -0.3 is 25.1 Å². The molecule has 0 amide bonds. The fraction of sp³-hybridized carbons (Fsp3) is 0.400. The van der Waals surface area contributed by atoms with Gasteiger partial charge in [-0.3, -0.25) is 0 Å². The van der Waals surface area contributed by atoms with Crippen LogP contribution >= 0.6 is 34.4 Å². The molecule has 0 saturated heterocycles. The van der Waals surface area contributed by atoms with Gasteiger partial charge in [0.2, 0.25) is 0 Å². The number of rotatable bonds is 7. The third-order valence-corrected chi connectivity index (χ3v) is 6.88. The first-order valence-corrected chi connectivity index (χ1v) is 11.5. The Morgan fingerprint density at radius 1 is 1.28 bits per heavy atom. The van der Waals surface area contributed by atoms with Crippen LogP contribution in [0.15, 0.2) is 34.4 Å². The molecular weight excluding hydrogens is 498 g/mol. The lowest BCUT2D eigenvalue weighted by Crippen LogP contribution is -2.24. The Balaban J connectivity index is 1.66. The molecule has 0 saturated carbocycles. The van der Waals surface area contributed by atoms with Crippen molar-refractivity contribution in [3.63, 3.8) is 0 Å². The molecule has 0 atom stereocenters. The van der Waals surface area contributed by atoms with Crippen LogP contribution in [0.3, 0.4) is 0 Å². The summed E-state index contributed by atoms with van der Waals surface area (Å²) in [6.45, 7) is 7.27. The fourth-order valence-electron chi connectivity index (χ4n) is 3.19. The van der Waals surface area contributed by atoms with E-state index in [9.17, 15) is 0 Å². The number of nitrogens with two attached hydrogens (primary N) is 1. The highest BCUT2D eigenvalue weighted by Crippen LogP contribution is 2.41. The monoisotopic (exact) mass is 522 g/mol. The minimum atomic E-state index is 0.459. The van der Waals surface area contributed by atoms with Gasteiger partial charge in [0.1, 0.15) is 18.7 Å². The average molecular weight is 522 g/mol. The highest BCUT2D eigenvalue weighted by atomic mass is 124. The quantitative estimate of drug-likeness (QED) is 0.359. The number of hydrogen-bond acceptors (Lipinski definition) is 7. The van der Waals surface area contributed by atoms with E-state index in [0.717, 1.165) is 55.7 Å². The lowest BCUT2D eigenvalue weighted by molar-refractivity contribution is 0.171. The molecule has 0 aliphatic carbocycles. The van der Waals surface area contributed by atoms with Crippen LogP contribution in [0.1, 0.15) is 20.3 Å². The molecule has 0 radical (unpaired) electrons. The maximum Gasteiger partial charge on any atom is 0.174 e. The number of nitrogens with one attached hydrogen (secondary N) is 1. The standard InChI is InChI=1S/C20H24IN5O2S/c1-12(2)23-5-3-7-26-14-4-6-24-19(22)18(14)25-20(26)29-17-11-16-15(10-13(17)21)27-8-9-28-16/h4,6,10-12,23H,3,5,7-9H2,1-2H3,(H2,22,24)/i21-3. The lowest BCUT2D eigenvalue weighted by atomic mass is 10.3. The molecule has 3 aromatic rings. The second-order valence-corrected chi connectivity index (χ2v) is 9.27.